The van der Waals surface area contributed by atoms with Crippen molar-refractivity contribution < 1.29 is 4.92 Å². The van der Waals surface area contributed by atoms with Crippen molar-refractivity contribution >= 4 is 17.5 Å². The maximum Gasteiger partial charge on any atom is 0.276 e. The van der Waals surface area contributed by atoms with Gasteiger partial charge in [-0.25, -0.2) is 0 Å². The first kappa shape index (κ1) is 14.4. The van der Waals surface area contributed by atoms with Crippen LogP contribution in [0.4, 0.5) is 11.4 Å². The molecule has 0 amide bonds. The zero-order valence-electron chi connectivity index (χ0n) is 12.1. The number of piperidine rings is 1. The van der Waals surface area contributed by atoms with Crippen molar-refractivity contribution in [2.45, 2.75) is 19.3 Å². The summed E-state index contributed by atoms with van der Waals surface area (Å²) in [5.41, 5.74) is 1.89. The Hall–Kier alpha value is -2.04. The van der Waals surface area contributed by atoms with E-state index in [1.807, 2.05) is 37.3 Å². The van der Waals surface area contributed by atoms with Crippen LogP contribution in [0.2, 0.25) is 0 Å². The van der Waals surface area contributed by atoms with Crippen molar-refractivity contribution in [1.29, 1.82) is 0 Å². The highest BCUT2D eigenvalue weighted by atomic mass is 16.6. The lowest BCUT2D eigenvalue weighted by molar-refractivity contribution is -0.385. The molecule has 20 heavy (non-hydrogen) atoms. The van der Waals surface area contributed by atoms with Gasteiger partial charge in [-0.05, 0) is 43.7 Å². The summed E-state index contributed by atoms with van der Waals surface area (Å²) >= 11 is 0. The summed E-state index contributed by atoms with van der Waals surface area (Å²) in [6.07, 6.45) is 7.30. The van der Waals surface area contributed by atoms with Gasteiger partial charge in [0.1, 0.15) is 0 Å². The number of nitro benzene ring substituents is 1. The van der Waals surface area contributed by atoms with Crippen LogP contribution in [0, 0.1) is 10.1 Å². The molecule has 1 aliphatic rings. The summed E-state index contributed by atoms with van der Waals surface area (Å²) in [6.45, 7) is 2.07. The van der Waals surface area contributed by atoms with Crippen LogP contribution in [0.1, 0.15) is 24.8 Å². The molecule has 1 aliphatic heterocycles. The van der Waals surface area contributed by atoms with Crippen molar-refractivity contribution in [1.82, 2.24) is 4.90 Å². The van der Waals surface area contributed by atoms with Crippen LogP contribution in [0.15, 0.2) is 24.4 Å². The lowest BCUT2D eigenvalue weighted by Crippen LogP contribution is -2.29. The van der Waals surface area contributed by atoms with Crippen LogP contribution >= 0.6 is 0 Å². The Labute approximate surface area is 119 Å². The molecule has 5 nitrogen and oxygen atoms in total. The normalized spacial score (nSPS) is 15.6. The average molecular weight is 275 g/mol. The van der Waals surface area contributed by atoms with Gasteiger partial charge in [0.25, 0.3) is 5.69 Å². The number of nitro groups is 1. The summed E-state index contributed by atoms with van der Waals surface area (Å²) in [5, 5.41) is 11.1. The summed E-state index contributed by atoms with van der Waals surface area (Å²) in [5.74, 6) is 0. The first-order valence-electron chi connectivity index (χ1n) is 6.96. The molecular formula is C15H21N3O2. The third-order valence-electron chi connectivity index (χ3n) is 3.48. The lowest BCUT2D eigenvalue weighted by Gasteiger charge is -2.29. The fraction of sp³-hybridized carbons (Fsp3) is 0.467. The average Bonchev–Trinajstić information content (AvgIpc) is 2.45. The van der Waals surface area contributed by atoms with Gasteiger partial charge in [0, 0.05) is 38.9 Å². The van der Waals surface area contributed by atoms with Crippen LogP contribution in [0.5, 0.6) is 0 Å². The van der Waals surface area contributed by atoms with E-state index in [9.17, 15) is 10.1 Å². The third-order valence-corrected chi connectivity index (χ3v) is 3.48. The molecule has 108 valence electrons. The Bertz CT molecular complexity index is 506. The Balaban J connectivity index is 2.31. The highest BCUT2D eigenvalue weighted by Crippen LogP contribution is 2.28. The van der Waals surface area contributed by atoms with Crippen LogP contribution in [-0.4, -0.2) is 37.0 Å². The van der Waals surface area contributed by atoms with Gasteiger partial charge in [0.15, 0.2) is 0 Å². The Kier molecular flexibility index (Phi) is 4.61. The minimum atomic E-state index is -0.324. The van der Waals surface area contributed by atoms with E-state index in [1.165, 1.54) is 19.3 Å². The Morgan fingerprint density at radius 2 is 1.95 bits per heavy atom. The fourth-order valence-corrected chi connectivity index (χ4v) is 2.42. The third kappa shape index (κ3) is 3.50. The van der Waals surface area contributed by atoms with E-state index in [0.717, 1.165) is 18.8 Å². The van der Waals surface area contributed by atoms with E-state index in [4.69, 9.17) is 0 Å². The van der Waals surface area contributed by atoms with E-state index in [0.29, 0.717) is 5.56 Å². The van der Waals surface area contributed by atoms with E-state index in [2.05, 4.69) is 4.90 Å². The number of benzene rings is 1. The van der Waals surface area contributed by atoms with Gasteiger partial charge in [-0.1, -0.05) is 0 Å². The molecule has 0 N–H and O–H groups in total. The standard InChI is InChI=1S/C15H21N3O2/c1-16(2)11-8-13-12-14(6-7-15(13)18(19)20)17-9-4-3-5-10-17/h6-8,11-12H,3-5,9-10H2,1-2H3/b11-8+. The Morgan fingerprint density at radius 1 is 1.25 bits per heavy atom. The molecule has 0 aliphatic carbocycles. The van der Waals surface area contributed by atoms with Gasteiger partial charge in [-0.3, -0.25) is 10.1 Å². The maximum absolute atomic E-state index is 11.1. The Morgan fingerprint density at radius 3 is 2.55 bits per heavy atom. The quantitative estimate of drug-likeness (QED) is 0.626. The summed E-state index contributed by atoms with van der Waals surface area (Å²) in [4.78, 5) is 15.0. The molecule has 1 fully saturated rings. The second kappa shape index (κ2) is 6.41. The molecule has 0 bridgehead atoms. The number of nitrogens with zero attached hydrogens (tertiary/aromatic N) is 3. The summed E-state index contributed by atoms with van der Waals surface area (Å²) in [7, 11) is 3.80. The molecule has 0 aromatic heterocycles. The molecule has 1 aromatic carbocycles. The first-order valence-corrected chi connectivity index (χ1v) is 6.96. The van der Waals surface area contributed by atoms with Gasteiger partial charge in [-0.2, -0.15) is 0 Å². The first-order chi connectivity index (χ1) is 9.58. The molecule has 0 unspecified atom stereocenters. The van der Waals surface area contributed by atoms with Crippen LogP contribution < -0.4 is 4.90 Å². The monoisotopic (exact) mass is 275 g/mol. The summed E-state index contributed by atoms with van der Waals surface area (Å²) < 4.78 is 0. The SMILES string of the molecule is CN(C)/C=C/c1cc(N2CCCCC2)ccc1[N+](=O)[O-]. The fourth-order valence-electron chi connectivity index (χ4n) is 2.42. The minimum Gasteiger partial charge on any atom is -0.383 e. The predicted molar refractivity (Wildman–Crippen MR) is 81.9 cm³/mol. The van der Waals surface area contributed by atoms with Crippen LogP contribution in [0.25, 0.3) is 6.08 Å². The van der Waals surface area contributed by atoms with Crippen LogP contribution in [-0.2, 0) is 0 Å². The molecule has 1 saturated heterocycles. The second-order valence-electron chi connectivity index (χ2n) is 5.33. The number of rotatable bonds is 4. The molecular weight excluding hydrogens is 254 g/mol. The minimum absolute atomic E-state index is 0.156. The number of hydrogen-bond donors (Lipinski definition) is 0. The molecule has 1 aromatic rings. The van der Waals surface area contributed by atoms with Crippen molar-refractivity contribution in [3.63, 3.8) is 0 Å². The largest absolute Gasteiger partial charge is 0.383 e. The highest BCUT2D eigenvalue weighted by Gasteiger charge is 2.16. The van der Waals surface area contributed by atoms with Crippen LogP contribution in [0.3, 0.4) is 0 Å². The molecule has 0 saturated carbocycles. The predicted octanol–water partition coefficient (Wildman–Crippen LogP) is 3.12. The van der Waals surface area contributed by atoms with Gasteiger partial charge >= 0.3 is 0 Å². The van der Waals surface area contributed by atoms with Crippen molar-refractivity contribution in [3.05, 3.63) is 40.1 Å². The molecule has 0 atom stereocenters. The molecule has 2 rings (SSSR count). The van der Waals surface area contributed by atoms with Gasteiger partial charge < -0.3 is 9.80 Å². The molecule has 0 spiro atoms. The molecule has 0 radical (unpaired) electrons. The van der Waals surface area contributed by atoms with Gasteiger partial charge in [-0.15, -0.1) is 0 Å². The van der Waals surface area contributed by atoms with Crippen molar-refractivity contribution in [2.24, 2.45) is 0 Å². The molecule has 1 heterocycles. The van der Waals surface area contributed by atoms with E-state index in [1.54, 1.807) is 12.1 Å². The second-order valence-corrected chi connectivity index (χ2v) is 5.33. The maximum atomic E-state index is 11.1. The topological polar surface area (TPSA) is 49.6 Å². The van der Waals surface area contributed by atoms with E-state index >= 15 is 0 Å². The van der Waals surface area contributed by atoms with Gasteiger partial charge in [0.2, 0.25) is 0 Å². The highest BCUT2D eigenvalue weighted by molar-refractivity contribution is 5.67. The smallest absolute Gasteiger partial charge is 0.276 e. The van der Waals surface area contributed by atoms with E-state index in [-0.39, 0.29) is 10.6 Å². The van der Waals surface area contributed by atoms with E-state index < -0.39 is 0 Å². The van der Waals surface area contributed by atoms with Gasteiger partial charge in [0.05, 0.1) is 10.5 Å². The zero-order valence-corrected chi connectivity index (χ0v) is 12.1. The van der Waals surface area contributed by atoms with Crippen molar-refractivity contribution in [3.8, 4) is 0 Å². The molecule has 5 heteroatoms. The number of hydrogen-bond acceptors (Lipinski definition) is 4. The number of anilines is 1. The summed E-state index contributed by atoms with van der Waals surface area (Å²) in [6, 6.07) is 5.39. The lowest BCUT2D eigenvalue weighted by atomic mass is 10.1. The van der Waals surface area contributed by atoms with Crippen molar-refractivity contribution in [2.75, 3.05) is 32.1 Å². The zero-order chi connectivity index (χ0) is 14.5.